The zero-order valence-corrected chi connectivity index (χ0v) is 10.4. The summed E-state index contributed by atoms with van der Waals surface area (Å²) < 4.78 is 2.50. The van der Waals surface area contributed by atoms with Gasteiger partial charge in [0.05, 0.1) is 9.40 Å². The van der Waals surface area contributed by atoms with Crippen molar-refractivity contribution >= 4 is 48.8 Å². The van der Waals surface area contributed by atoms with Crippen LogP contribution < -0.4 is 0 Å². The summed E-state index contributed by atoms with van der Waals surface area (Å²) >= 11 is 0. The van der Waals surface area contributed by atoms with Crippen molar-refractivity contribution in [3.63, 3.8) is 0 Å². The molecule has 0 bridgehead atoms. The van der Waals surface area contributed by atoms with Crippen LogP contribution in [0.4, 0.5) is 0 Å². The summed E-state index contributed by atoms with van der Waals surface area (Å²) in [6.45, 7) is 3.92. The van der Waals surface area contributed by atoms with Gasteiger partial charge in [0.1, 0.15) is 5.75 Å². The van der Waals surface area contributed by atoms with E-state index < -0.39 is 0 Å². The summed E-state index contributed by atoms with van der Waals surface area (Å²) in [7, 11) is 7.04. The monoisotopic (exact) mass is 248 g/mol. The molecule has 0 aliphatic carbocycles. The quantitative estimate of drug-likeness (QED) is 0.679. The Morgan fingerprint density at radius 1 is 1.15 bits per heavy atom. The van der Waals surface area contributed by atoms with Crippen molar-refractivity contribution in [2.45, 2.75) is 13.8 Å². The maximum Gasteiger partial charge on any atom is 0.122 e. The third kappa shape index (κ3) is 1.61. The second-order valence-corrected chi connectivity index (χ2v) is 8.52. The van der Waals surface area contributed by atoms with Gasteiger partial charge < -0.3 is 5.11 Å². The molecule has 13 heavy (non-hydrogen) atoms. The molecule has 1 nitrogen and oxygen atoms in total. The molecule has 70 valence electrons. The van der Waals surface area contributed by atoms with Gasteiger partial charge in [0.25, 0.3) is 0 Å². The Hall–Kier alpha value is -0.100. The minimum atomic E-state index is 0.444. The fourth-order valence-electron chi connectivity index (χ4n) is 1.18. The van der Waals surface area contributed by atoms with E-state index in [0.717, 1.165) is 11.1 Å². The topological polar surface area (TPSA) is 20.2 Å². The maximum atomic E-state index is 9.72. The van der Waals surface area contributed by atoms with Gasteiger partial charge in [-0.15, -0.1) is 0 Å². The largest absolute Gasteiger partial charge is 0.507 e. The van der Waals surface area contributed by atoms with Crippen LogP contribution in [0.1, 0.15) is 11.1 Å². The molecule has 1 N–H and O–H groups in total. The summed E-state index contributed by atoms with van der Waals surface area (Å²) in [5, 5.41) is 9.72. The van der Waals surface area contributed by atoms with Gasteiger partial charge in [0, 0.05) is 5.56 Å². The molecule has 0 amide bonds. The Labute approximate surface area is 90.4 Å². The lowest BCUT2D eigenvalue weighted by Crippen LogP contribution is -1.80. The first-order valence-electron chi connectivity index (χ1n) is 3.71. The fraction of sp³-hybridized carbons (Fsp3) is 0.250. The highest BCUT2D eigenvalue weighted by molar-refractivity contribution is 8.09. The standard InChI is InChI=1S/C8H8OS4/c1-4-3-6-8(5(2)7(4)9)11-13-12-10-6/h3,9H,1-2H3. The van der Waals surface area contributed by atoms with E-state index in [4.69, 9.17) is 0 Å². The first kappa shape index (κ1) is 9.45. The average molecular weight is 248 g/mol. The number of benzene rings is 1. The Balaban J connectivity index is 2.94. The molecule has 2 aromatic rings. The second kappa shape index (κ2) is 3.57. The smallest absolute Gasteiger partial charge is 0.122 e. The Bertz CT molecular complexity index is 469. The molecule has 2 rings (SSSR count). The van der Waals surface area contributed by atoms with E-state index >= 15 is 0 Å². The number of fused-ring (bicyclic) bond motifs is 1. The van der Waals surface area contributed by atoms with Crippen LogP contribution in [0, 0.1) is 13.8 Å². The number of aryl methyl sites for hydroxylation is 2. The number of phenols is 1. The van der Waals surface area contributed by atoms with E-state index in [2.05, 4.69) is 6.07 Å². The highest BCUT2D eigenvalue weighted by Gasteiger charge is 2.06. The Morgan fingerprint density at radius 3 is 2.62 bits per heavy atom. The van der Waals surface area contributed by atoms with Crippen LogP contribution in [0.25, 0.3) is 9.40 Å². The van der Waals surface area contributed by atoms with Crippen LogP contribution in [0.3, 0.4) is 0 Å². The van der Waals surface area contributed by atoms with E-state index in [9.17, 15) is 5.11 Å². The normalized spacial score (nSPS) is 10.6. The van der Waals surface area contributed by atoms with E-state index in [1.54, 1.807) is 39.4 Å². The molecule has 0 fully saturated rings. The van der Waals surface area contributed by atoms with Gasteiger partial charge in [-0.1, -0.05) is 20.7 Å². The van der Waals surface area contributed by atoms with E-state index in [0.29, 0.717) is 5.75 Å². The number of phenolic OH excluding ortho intramolecular Hbond substituents is 1. The third-order valence-electron chi connectivity index (χ3n) is 1.91. The van der Waals surface area contributed by atoms with Crippen molar-refractivity contribution in [2.75, 3.05) is 0 Å². The minimum absolute atomic E-state index is 0.444. The molecule has 0 unspecified atom stereocenters. The third-order valence-corrected chi connectivity index (χ3v) is 8.26. The summed E-state index contributed by atoms with van der Waals surface area (Å²) in [4.78, 5) is 0. The van der Waals surface area contributed by atoms with Crippen molar-refractivity contribution in [1.82, 2.24) is 0 Å². The van der Waals surface area contributed by atoms with Gasteiger partial charge in [-0.2, -0.15) is 0 Å². The molecule has 0 atom stereocenters. The molecular weight excluding hydrogens is 240 g/mol. The summed E-state index contributed by atoms with van der Waals surface area (Å²) in [6, 6.07) is 2.06. The van der Waals surface area contributed by atoms with Gasteiger partial charge in [-0.3, -0.25) is 0 Å². The molecule has 0 aliphatic heterocycles. The number of aromatic hydroxyl groups is 1. The van der Waals surface area contributed by atoms with Crippen LogP contribution in [-0.2, 0) is 0 Å². The molecule has 0 aliphatic rings. The number of hydrogen-bond acceptors (Lipinski definition) is 5. The predicted molar refractivity (Wildman–Crippen MR) is 64.2 cm³/mol. The van der Waals surface area contributed by atoms with Crippen molar-refractivity contribution in [3.8, 4) is 5.75 Å². The molecule has 0 saturated carbocycles. The van der Waals surface area contributed by atoms with Gasteiger partial charge in [-0.05, 0) is 44.2 Å². The lowest BCUT2D eigenvalue weighted by Gasteiger charge is -2.04. The van der Waals surface area contributed by atoms with Crippen LogP contribution >= 0.6 is 39.4 Å². The molecule has 1 aromatic heterocycles. The Morgan fingerprint density at radius 2 is 1.85 bits per heavy atom. The van der Waals surface area contributed by atoms with E-state index in [-0.39, 0.29) is 0 Å². The van der Waals surface area contributed by atoms with Crippen LogP contribution in [0.5, 0.6) is 5.75 Å². The van der Waals surface area contributed by atoms with Gasteiger partial charge in [-0.25, -0.2) is 0 Å². The van der Waals surface area contributed by atoms with Gasteiger partial charge in [0.15, 0.2) is 0 Å². The molecule has 0 radical (unpaired) electrons. The van der Waals surface area contributed by atoms with Crippen molar-refractivity contribution in [2.24, 2.45) is 0 Å². The van der Waals surface area contributed by atoms with Crippen molar-refractivity contribution in [3.05, 3.63) is 17.2 Å². The SMILES string of the molecule is Cc1cc2ssssc2c(C)c1O. The molecular formula is C8H8OS4. The van der Waals surface area contributed by atoms with Crippen LogP contribution in [0.15, 0.2) is 6.07 Å². The zero-order valence-electron chi connectivity index (χ0n) is 7.16. The minimum Gasteiger partial charge on any atom is -0.507 e. The highest BCUT2D eigenvalue weighted by atomic mass is 33.4. The lowest BCUT2D eigenvalue weighted by atomic mass is 10.1. The van der Waals surface area contributed by atoms with Gasteiger partial charge >= 0.3 is 0 Å². The van der Waals surface area contributed by atoms with E-state index in [1.165, 1.54) is 9.40 Å². The molecule has 5 heteroatoms. The highest BCUT2D eigenvalue weighted by Crippen LogP contribution is 2.37. The molecule has 1 heterocycles. The zero-order chi connectivity index (χ0) is 9.42. The van der Waals surface area contributed by atoms with Crippen molar-refractivity contribution in [1.29, 1.82) is 0 Å². The van der Waals surface area contributed by atoms with Gasteiger partial charge in [0.2, 0.25) is 0 Å². The maximum absolute atomic E-state index is 9.72. The van der Waals surface area contributed by atoms with Crippen LogP contribution in [-0.4, -0.2) is 5.11 Å². The summed E-state index contributed by atoms with van der Waals surface area (Å²) in [5.41, 5.74) is 1.98. The first-order chi connectivity index (χ1) is 6.20. The lowest BCUT2D eigenvalue weighted by molar-refractivity contribution is 0.468. The predicted octanol–water partition coefficient (Wildman–Crippen LogP) is 4.53. The summed E-state index contributed by atoms with van der Waals surface area (Å²) in [6.07, 6.45) is 0. The van der Waals surface area contributed by atoms with E-state index in [1.807, 2.05) is 13.8 Å². The molecule has 0 spiro atoms. The first-order valence-corrected chi connectivity index (χ1v) is 8.53. The number of rotatable bonds is 0. The summed E-state index contributed by atoms with van der Waals surface area (Å²) in [5.74, 6) is 0.444. The van der Waals surface area contributed by atoms with Crippen LogP contribution in [0.2, 0.25) is 0 Å². The Kier molecular flexibility index (Phi) is 2.60. The van der Waals surface area contributed by atoms with Crippen molar-refractivity contribution < 1.29 is 5.11 Å². The second-order valence-electron chi connectivity index (χ2n) is 2.80. The molecule has 0 saturated heterocycles. The number of hydrogen-bond donors (Lipinski definition) is 1. The fourth-order valence-corrected chi connectivity index (χ4v) is 7.66. The average Bonchev–Trinajstić information content (AvgIpc) is 2.15. The molecule has 1 aromatic carbocycles.